The molecule has 1 heterocycles. The fourth-order valence-electron chi connectivity index (χ4n) is 2.37. The zero-order chi connectivity index (χ0) is 13.2. The van der Waals surface area contributed by atoms with Crippen LogP contribution in [0.2, 0.25) is 5.02 Å². The Morgan fingerprint density at radius 1 is 1.11 bits per heavy atom. The first-order valence-electron chi connectivity index (χ1n) is 6.19. The van der Waals surface area contributed by atoms with E-state index in [2.05, 4.69) is 41.0 Å². The van der Waals surface area contributed by atoms with Crippen LogP contribution in [-0.2, 0) is 6.54 Å². The molecule has 0 radical (unpaired) electrons. The molecular weight excluding hydrogens is 274 g/mol. The minimum absolute atomic E-state index is 0.785. The van der Waals surface area contributed by atoms with Gasteiger partial charge in [-0.15, -0.1) is 11.3 Å². The highest BCUT2D eigenvalue weighted by molar-refractivity contribution is 7.17. The summed E-state index contributed by atoms with van der Waals surface area (Å²) in [5, 5.41) is 7.43. The molecule has 2 aromatic carbocycles. The molecule has 1 N–H and O–H groups in total. The van der Waals surface area contributed by atoms with Gasteiger partial charge in [0.15, 0.2) is 0 Å². The van der Waals surface area contributed by atoms with E-state index < -0.39 is 0 Å². The van der Waals surface area contributed by atoms with Gasteiger partial charge in [-0.05, 0) is 52.7 Å². The average Bonchev–Trinajstić information content (AvgIpc) is 2.88. The van der Waals surface area contributed by atoms with Crippen LogP contribution in [0.3, 0.4) is 0 Å². The van der Waals surface area contributed by atoms with Crippen molar-refractivity contribution in [2.75, 3.05) is 7.05 Å². The van der Waals surface area contributed by atoms with Gasteiger partial charge in [0.25, 0.3) is 0 Å². The van der Waals surface area contributed by atoms with Gasteiger partial charge in [0.2, 0.25) is 0 Å². The highest BCUT2D eigenvalue weighted by Crippen LogP contribution is 2.35. The molecule has 0 saturated carbocycles. The van der Waals surface area contributed by atoms with Crippen LogP contribution in [0.1, 0.15) is 5.56 Å². The lowest BCUT2D eigenvalue weighted by molar-refractivity contribution is 0.819. The van der Waals surface area contributed by atoms with Crippen LogP contribution in [0, 0.1) is 0 Å². The zero-order valence-corrected chi connectivity index (χ0v) is 12.2. The largest absolute Gasteiger partial charge is 0.316 e. The molecule has 0 saturated heterocycles. The van der Waals surface area contributed by atoms with Crippen LogP contribution < -0.4 is 5.32 Å². The highest BCUT2D eigenvalue weighted by atomic mass is 35.5. The van der Waals surface area contributed by atoms with Crippen molar-refractivity contribution in [3.05, 3.63) is 58.4 Å². The summed E-state index contributed by atoms with van der Waals surface area (Å²) in [7, 11) is 1.95. The van der Waals surface area contributed by atoms with Crippen LogP contribution >= 0.6 is 22.9 Å². The van der Waals surface area contributed by atoms with Crippen molar-refractivity contribution in [1.29, 1.82) is 0 Å². The molecule has 0 amide bonds. The smallest absolute Gasteiger partial charge is 0.0421 e. The van der Waals surface area contributed by atoms with Crippen LogP contribution in [0.5, 0.6) is 0 Å². The van der Waals surface area contributed by atoms with Gasteiger partial charge in [-0.2, -0.15) is 0 Å². The van der Waals surface area contributed by atoms with Crippen molar-refractivity contribution in [2.24, 2.45) is 0 Å². The first-order valence-corrected chi connectivity index (χ1v) is 7.45. The lowest BCUT2D eigenvalue weighted by atomic mass is 9.98. The Kier molecular flexibility index (Phi) is 3.56. The maximum Gasteiger partial charge on any atom is 0.0421 e. The van der Waals surface area contributed by atoms with Crippen LogP contribution in [-0.4, -0.2) is 7.05 Å². The molecule has 0 bridgehead atoms. The van der Waals surface area contributed by atoms with E-state index in [-0.39, 0.29) is 0 Å². The summed E-state index contributed by atoms with van der Waals surface area (Å²) in [5.41, 5.74) is 3.78. The zero-order valence-electron chi connectivity index (χ0n) is 10.6. The summed E-state index contributed by atoms with van der Waals surface area (Å²) >= 11 is 7.90. The molecule has 0 unspecified atom stereocenters. The number of fused-ring (bicyclic) bond motifs is 1. The molecule has 1 nitrogen and oxygen atoms in total. The summed E-state index contributed by atoms with van der Waals surface area (Å²) in [6.45, 7) is 0.817. The van der Waals surface area contributed by atoms with Crippen molar-refractivity contribution < 1.29 is 0 Å². The number of hydrogen-bond donors (Lipinski definition) is 1. The number of benzene rings is 2. The van der Waals surface area contributed by atoms with E-state index in [1.165, 1.54) is 26.8 Å². The van der Waals surface area contributed by atoms with Gasteiger partial charge in [-0.1, -0.05) is 35.9 Å². The quantitative estimate of drug-likeness (QED) is 0.719. The first kappa shape index (κ1) is 12.7. The predicted octanol–water partition coefficient (Wildman–Crippen LogP) is 4.94. The van der Waals surface area contributed by atoms with Gasteiger partial charge in [-0.3, -0.25) is 0 Å². The minimum Gasteiger partial charge on any atom is -0.316 e. The van der Waals surface area contributed by atoms with E-state index in [9.17, 15) is 0 Å². The number of halogens is 1. The van der Waals surface area contributed by atoms with Crippen molar-refractivity contribution in [1.82, 2.24) is 5.32 Å². The Morgan fingerprint density at radius 2 is 2.00 bits per heavy atom. The molecule has 0 spiro atoms. The third kappa shape index (κ3) is 2.39. The van der Waals surface area contributed by atoms with E-state index in [1.807, 2.05) is 19.2 Å². The van der Waals surface area contributed by atoms with Gasteiger partial charge in [-0.25, -0.2) is 0 Å². The molecule has 3 heteroatoms. The van der Waals surface area contributed by atoms with Gasteiger partial charge < -0.3 is 5.32 Å². The number of thiophene rings is 1. The molecule has 3 rings (SSSR count). The summed E-state index contributed by atoms with van der Waals surface area (Å²) in [6, 6.07) is 14.7. The normalized spacial score (nSPS) is 11.1. The summed E-state index contributed by atoms with van der Waals surface area (Å²) < 4.78 is 1.34. The van der Waals surface area contributed by atoms with E-state index in [0.29, 0.717) is 0 Å². The molecule has 1 aromatic heterocycles. The topological polar surface area (TPSA) is 12.0 Å². The van der Waals surface area contributed by atoms with E-state index in [1.54, 1.807) is 11.3 Å². The van der Waals surface area contributed by atoms with Crippen LogP contribution in [0.4, 0.5) is 0 Å². The van der Waals surface area contributed by atoms with Gasteiger partial charge >= 0.3 is 0 Å². The molecule has 0 aliphatic heterocycles. The molecule has 0 atom stereocenters. The number of hydrogen-bond acceptors (Lipinski definition) is 2. The maximum atomic E-state index is 6.11. The lowest BCUT2D eigenvalue weighted by Crippen LogP contribution is -2.06. The second-order valence-corrected chi connectivity index (χ2v) is 5.83. The second-order valence-electron chi connectivity index (χ2n) is 4.48. The maximum absolute atomic E-state index is 6.11. The summed E-state index contributed by atoms with van der Waals surface area (Å²) in [4.78, 5) is 0. The van der Waals surface area contributed by atoms with Gasteiger partial charge in [0.1, 0.15) is 0 Å². The molecule has 19 heavy (non-hydrogen) atoms. The highest BCUT2D eigenvalue weighted by Gasteiger charge is 2.09. The van der Waals surface area contributed by atoms with Crippen molar-refractivity contribution in [3.63, 3.8) is 0 Å². The predicted molar refractivity (Wildman–Crippen MR) is 85.0 cm³/mol. The lowest BCUT2D eigenvalue weighted by Gasteiger charge is -2.11. The fraction of sp³-hybridized carbons (Fsp3) is 0.125. The number of nitrogens with one attached hydrogen (secondary N) is 1. The van der Waals surface area contributed by atoms with E-state index in [0.717, 1.165) is 11.6 Å². The molecule has 3 aromatic rings. The van der Waals surface area contributed by atoms with Gasteiger partial charge in [0, 0.05) is 16.3 Å². The minimum atomic E-state index is 0.785. The second kappa shape index (κ2) is 5.33. The molecular formula is C16H14ClNS. The molecule has 0 fully saturated rings. The standard InChI is InChI=1S/C16H14ClNS/c1-18-10-12-9-13(17)5-6-14(12)15-4-2-3-11-7-8-19-16(11)15/h2-9,18H,10H2,1H3. The molecule has 0 aliphatic rings. The van der Waals surface area contributed by atoms with E-state index >= 15 is 0 Å². The Balaban J connectivity index is 2.23. The first-order chi connectivity index (χ1) is 9.29. The summed E-state index contributed by atoms with van der Waals surface area (Å²) in [5.74, 6) is 0. The Morgan fingerprint density at radius 3 is 2.84 bits per heavy atom. The Hall–Kier alpha value is -1.35. The third-order valence-electron chi connectivity index (χ3n) is 3.20. The molecule has 0 aliphatic carbocycles. The van der Waals surface area contributed by atoms with Gasteiger partial charge in [0.05, 0.1) is 0 Å². The van der Waals surface area contributed by atoms with Crippen LogP contribution in [0.15, 0.2) is 47.8 Å². The van der Waals surface area contributed by atoms with Crippen molar-refractivity contribution in [3.8, 4) is 11.1 Å². The fourth-order valence-corrected chi connectivity index (χ4v) is 3.49. The van der Waals surface area contributed by atoms with Crippen molar-refractivity contribution in [2.45, 2.75) is 6.54 Å². The Labute approximate surface area is 121 Å². The SMILES string of the molecule is CNCc1cc(Cl)ccc1-c1cccc2ccsc12. The van der Waals surface area contributed by atoms with E-state index in [4.69, 9.17) is 11.6 Å². The Bertz CT molecular complexity index is 718. The van der Waals surface area contributed by atoms with Crippen molar-refractivity contribution >= 4 is 33.0 Å². The molecule has 96 valence electrons. The number of rotatable bonds is 3. The van der Waals surface area contributed by atoms with Crippen LogP contribution in [0.25, 0.3) is 21.2 Å². The average molecular weight is 288 g/mol. The monoisotopic (exact) mass is 287 g/mol. The summed E-state index contributed by atoms with van der Waals surface area (Å²) in [6.07, 6.45) is 0. The third-order valence-corrected chi connectivity index (χ3v) is 4.40.